The van der Waals surface area contributed by atoms with E-state index in [9.17, 15) is 0 Å². The van der Waals surface area contributed by atoms with Crippen molar-refractivity contribution in [3.63, 3.8) is 0 Å². The van der Waals surface area contributed by atoms with Crippen molar-refractivity contribution < 1.29 is 51.4 Å². The van der Waals surface area contributed by atoms with E-state index in [1.807, 2.05) is 0 Å². The first-order valence-electron chi connectivity index (χ1n) is 3.40. The van der Waals surface area contributed by atoms with E-state index >= 15 is 0 Å². The van der Waals surface area contributed by atoms with E-state index in [1.54, 1.807) is 0 Å². The molecule has 0 aromatic rings. The average molecular weight is 216 g/mol. The third-order valence-corrected chi connectivity index (χ3v) is 1.21. The van der Waals surface area contributed by atoms with E-state index < -0.39 is 0 Å². The smallest absolute Gasteiger partial charge is 0.415 e. The standard InChI is InChI=1S/C5H11N.CH3NS2.K/c1-2-4-6-5-3-1;2-1(3)4;/h6H,1-5H2;(H3,2,3,4);/q;;+1/p-1. The van der Waals surface area contributed by atoms with Crippen molar-refractivity contribution in [2.45, 2.75) is 19.3 Å². The molecule has 3 N–H and O–H groups in total. The van der Waals surface area contributed by atoms with E-state index in [0.717, 1.165) is 0 Å². The van der Waals surface area contributed by atoms with Crippen molar-refractivity contribution in [1.29, 1.82) is 0 Å². The van der Waals surface area contributed by atoms with Crippen LogP contribution in [0.3, 0.4) is 0 Å². The number of hydrogen-bond acceptors (Lipinski definition) is 3. The van der Waals surface area contributed by atoms with Crippen LogP contribution < -0.4 is 62.4 Å². The predicted octanol–water partition coefficient (Wildman–Crippen LogP) is -2.46. The molecule has 0 atom stereocenters. The van der Waals surface area contributed by atoms with E-state index in [1.165, 1.54) is 32.4 Å². The molecule has 5 heteroatoms. The Morgan fingerprint density at radius 3 is 1.73 bits per heavy atom. The first-order chi connectivity index (χ1) is 4.73. The first kappa shape index (κ1) is 15.2. The zero-order chi connectivity index (χ0) is 7.82. The predicted molar refractivity (Wildman–Crippen MR) is 50.9 cm³/mol. The molecule has 1 rings (SSSR count). The number of nitrogens with one attached hydrogen (secondary N) is 1. The van der Waals surface area contributed by atoms with Crippen molar-refractivity contribution in [2.24, 2.45) is 5.73 Å². The molecular formula is C6H13KN2S2. The summed E-state index contributed by atoms with van der Waals surface area (Å²) in [5.74, 6) is 0. The Labute approximate surface area is 122 Å². The third-order valence-electron chi connectivity index (χ3n) is 1.21. The zero-order valence-corrected chi connectivity index (χ0v) is 11.7. The molecule has 0 radical (unpaired) electrons. The molecule has 0 amide bonds. The van der Waals surface area contributed by atoms with Gasteiger partial charge >= 0.3 is 51.4 Å². The van der Waals surface area contributed by atoms with Gasteiger partial charge in [0.25, 0.3) is 0 Å². The molecule has 0 unspecified atom stereocenters. The van der Waals surface area contributed by atoms with Gasteiger partial charge in [-0.3, -0.25) is 0 Å². The molecule has 1 heterocycles. The summed E-state index contributed by atoms with van der Waals surface area (Å²) in [5, 5.41) is 3.28. The molecule has 0 spiro atoms. The Morgan fingerprint density at radius 2 is 1.64 bits per heavy atom. The Bertz CT molecular complexity index is 81.1. The second-order valence-corrected chi connectivity index (χ2v) is 3.27. The van der Waals surface area contributed by atoms with Crippen molar-refractivity contribution in [3.05, 3.63) is 0 Å². The molecule has 0 aromatic carbocycles. The van der Waals surface area contributed by atoms with E-state index in [4.69, 9.17) is 0 Å². The van der Waals surface area contributed by atoms with Gasteiger partial charge in [0.15, 0.2) is 0 Å². The van der Waals surface area contributed by atoms with Crippen LogP contribution in [0.25, 0.3) is 0 Å². The molecule has 0 saturated carbocycles. The van der Waals surface area contributed by atoms with Gasteiger partial charge in [0.05, 0.1) is 0 Å². The molecule has 60 valence electrons. The van der Waals surface area contributed by atoms with Crippen molar-refractivity contribution in [1.82, 2.24) is 5.32 Å². The quantitative estimate of drug-likeness (QED) is 0.268. The van der Waals surface area contributed by atoms with Crippen LogP contribution in [0.5, 0.6) is 0 Å². The summed E-state index contributed by atoms with van der Waals surface area (Å²) in [5.41, 5.74) is 4.66. The van der Waals surface area contributed by atoms with Crippen LogP contribution in [0.1, 0.15) is 19.3 Å². The van der Waals surface area contributed by atoms with Crippen molar-refractivity contribution in [3.8, 4) is 0 Å². The molecular weight excluding hydrogens is 203 g/mol. The number of thiocarbonyl (C=S) groups is 1. The molecule has 1 saturated heterocycles. The summed E-state index contributed by atoms with van der Waals surface area (Å²) in [6.45, 7) is 2.50. The second kappa shape index (κ2) is 11.7. The van der Waals surface area contributed by atoms with Gasteiger partial charge in [-0.2, -0.15) is 0 Å². The summed E-state index contributed by atoms with van der Waals surface area (Å²) < 4.78 is 0.0833. The molecule has 1 fully saturated rings. The van der Waals surface area contributed by atoms with E-state index in [2.05, 4.69) is 35.9 Å². The summed E-state index contributed by atoms with van der Waals surface area (Å²) in [7, 11) is 0. The summed E-state index contributed by atoms with van der Waals surface area (Å²) in [6.07, 6.45) is 4.22. The zero-order valence-electron chi connectivity index (χ0n) is 6.93. The maximum absolute atomic E-state index is 4.66. The van der Waals surface area contributed by atoms with Gasteiger partial charge in [-0.15, -0.1) is 0 Å². The Balaban J connectivity index is 0. The number of nitrogens with two attached hydrogens (primary N) is 1. The fourth-order valence-electron chi connectivity index (χ4n) is 0.802. The monoisotopic (exact) mass is 216 g/mol. The molecule has 0 bridgehead atoms. The van der Waals surface area contributed by atoms with Gasteiger partial charge in [-0.05, 0) is 25.9 Å². The van der Waals surface area contributed by atoms with Gasteiger partial charge in [-0.25, -0.2) is 0 Å². The van der Waals surface area contributed by atoms with Gasteiger partial charge in [0.2, 0.25) is 0 Å². The van der Waals surface area contributed by atoms with Crippen LogP contribution in [0.4, 0.5) is 0 Å². The summed E-state index contributed by atoms with van der Waals surface area (Å²) in [6, 6.07) is 0. The molecule has 0 aliphatic carbocycles. The summed E-state index contributed by atoms with van der Waals surface area (Å²) in [4.78, 5) is 0. The fourth-order valence-corrected chi connectivity index (χ4v) is 0.802. The summed E-state index contributed by atoms with van der Waals surface area (Å²) >= 11 is 8.26. The topological polar surface area (TPSA) is 38.0 Å². The van der Waals surface area contributed by atoms with Gasteiger partial charge in [-0.1, -0.05) is 10.7 Å². The number of piperidine rings is 1. The number of rotatable bonds is 0. The molecule has 1 aliphatic rings. The average Bonchev–Trinajstić information content (AvgIpc) is 1.90. The fraction of sp³-hybridized carbons (Fsp3) is 0.833. The minimum atomic E-state index is 0. The van der Waals surface area contributed by atoms with Gasteiger partial charge < -0.3 is 35.9 Å². The second-order valence-electron chi connectivity index (χ2n) is 2.13. The SMILES string of the molecule is C1CCNCC1.NC(=S)[S-].[K+]. The van der Waals surface area contributed by atoms with Crippen LogP contribution in [0.2, 0.25) is 0 Å². The third kappa shape index (κ3) is 18.6. The Kier molecular flexibility index (Phi) is 16.2. The van der Waals surface area contributed by atoms with Crippen LogP contribution in [0.15, 0.2) is 0 Å². The largest absolute Gasteiger partial charge is 1.00 e. The van der Waals surface area contributed by atoms with Crippen LogP contribution in [0, 0.1) is 0 Å². The minimum absolute atomic E-state index is 0. The molecule has 11 heavy (non-hydrogen) atoms. The van der Waals surface area contributed by atoms with Crippen LogP contribution in [-0.4, -0.2) is 17.4 Å². The van der Waals surface area contributed by atoms with Crippen molar-refractivity contribution in [2.75, 3.05) is 13.1 Å². The normalized spacial score (nSPS) is 15.3. The van der Waals surface area contributed by atoms with Crippen molar-refractivity contribution >= 4 is 29.2 Å². The van der Waals surface area contributed by atoms with Gasteiger partial charge in [0.1, 0.15) is 0 Å². The van der Waals surface area contributed by atoms with Crippen LogP contribution >= 0.6 is 12.2 Å². The minimum Gasteiger partial charge on any atom is -0.415 e. The van der Waals surface area contributed by atoms with E-state index in [0.29, 0.717) is 0 Å². The Hall–Kier alpha value is 1.71. The molecule has 0 aromatic heterocycles. The molecule has 1 aliphatic heterocycles. The Morgan fingerprint density at radius 1 is 1.27 bits per heavy atom. The molecule has 2 nitrogen and oxygen atoms in total. The first-order valence-corrected chi connectivity index (χ1v) is 4.22. The van der Waals surface area contributed by atoms with Crippen LogP contribution in [-0.2, 0) is 12.6 Å². The van der Waals surface area contributed by atoms with E-state index in [-0.39, 0.29) is 55.7 Å². The van der Waals surface area contributed by atoms with Gasteiger partial charge in [0, 0.05) is 0 Å². The number of hydrogen-bond donors (Lipinski definition) is 2. The maximum atomic E-state index is 4.66. The maximum Gasteiger partial charge on any atom is 1.00 e.